The van der Waals surface area contributed by atoms with Crippen LogP contribution in [0.3, 0.4) is 0 Å². The number of likely N-dealkylation sites (tertiary alicyclic amines) is 1. The first-order chi connectivity index (χ1) is 14.9. The third-order valence-electron chi connectivity index (χ3n) is 5.23. The molecule has 0 radical (unpaired) electrons. The predicted molar refractivity (Wildman–Crippen MR) is 107 cm³/mol. The van der Waals surface area contributed by atoms with Crippen molar-refractivity contribution in [1.29, 1.82) is 0 Å². The van der Waals surface area contributed by atoms with Gasteiger partial charge >= 0.3 is 12.4 Å². The zero-order valence-electron chi connectivity index (χ0n) is 16.6. The Balaban J connectivity index is 1.48. The molecule has 0 N–H and O–H groups in total. The molecule has 6 nitrogen and oxygen atoms in total. The lowest BCUT2D eigenvalue weighted by atomic mass is 9.96. The summed E-state index contributed by atoms with van der Waals surface area (Å²) < 4.78 is 40.8. The van der Waals surface area contributed by atoms with Crippen LogP contribution in [-0.4, -0.2) is 44.9 Å². The van der Waals surface area contributed by atoms with Gasteiger partial charge in [0, 0.05) is 18.2 Å². The number of piperidine rings is 1. The average Bonchev–Trinajstić information content (AvgIpc) is 3.24. The Bertz CT molecular complexity index is 1020. The van der Waals surface area contributed by atoms with Gasteiger partial charge in [-0.1, -0.05) is 35.1 Å². The number of amides is 1. The first-order valence-corrected chi connectivity index (χ1v) is 10.0. The maximum absolute atomic E-state index is 13.1. The highest BCUT2D eigenvalue weighted by molar-refractivity contribution is 5.76. The number of aromatic nitrogens is 3. The highest BCUT2D eigenvalue weighted by atomic mass is 19.4. The van der Waals surface area contributed by atoms with E-state index >= 15 is 0 Å². The van der Waals surface area contributed by atoms with Crippen LogP contribution in [0.1, 0.15) is 24.8 Å². The summed E-state index contributed by atoms with van der Waals surface area (Å²) in [5.41, 5.74) is 2.10. The third kappa shape index (κ3) is 5.22. The number of nitrogens with zero attached hydrogens (tertiary/aromatic N) is 4. The van der Waals surface area contributed by atoms with Gasteiger partial charge in [0.15, 0.2) is 0 Å². The van der Waals surface area contributed by atoms with Crippen molar-refractivity contribution in [2.24, 2.45) is 0 Å². The van der Waals surface area contributed by atoms with Gasteiger partial charge in [-0.05, 0) is 55.5 Å². The molecule has 1 saturated heterocycles. The summed E-state index contributed by atoms with van der Waals surface area (Å²) in [4.78, 5) is 15.9. The van der Waals surface area contributed by atoms with Crippen LogP contribution >= 0.6 is 0 Å². The van der Waals surface area contributed by atoms with Crippen molar-refractivity contribution in [1.82, 2.24) is 19.9 Å². The minimum Gasteiger partial charge on any atom is -0.406 e. The van der Waals surface area contributed by atoms with Gasteiger partial charge in [-0.2, -0.15) is 5.10 Å². The average molecular weight is 430 g/mol. The summed E-state index contributed by atoms with van der Waals surface area (Å²) in [5.74, 6) is -0.322. The number of carbonyl (C=O) groups is 1. The molecule has 162 valence electrons. The zero-order valence-corrected chi connectivity index (χ0v) is 16.6. The summed E-state index contributed by atoms with van der Waals surface area (Å²) in [5, 5.41) is 8.35. The second-order valence-electron chi connectivity index (χ2n) is 7.41. The summed E-state index contributed by atoms with van der Waals surface area (Å²) in [6, 6.07) is 15.1. The molecule has 1 aromatic heterocycles. The molecule has 1 atom stereocenters. The number of hydrogen-bond acceptors (Lipinski definition) is 4. The van der Waals surface area contributed by atoms with Crippen molar-refractivity contribution < 1.29 is 22.7 Å². The highest BCUT2D eigenvalue weighted by Gasteiger charge is 2.31. The van der Waals surface area contributed by atoms with Crippen molar-refractivity contribution in [3.63, 3.8) is 0 Å². The Morgan fingerprint density at radius 2 is 1.81 bits per heavy atom. The lowest BCUT2D eigenvalue weighted by Crippen LogP contribution is -2.47. The molecule has 0 bridgehead atoms. The number of hydrogen-bond donors (Lipinski definition) is 0. The second-order valence-corrected chi connectivity index (χ2v) is 7.41. The van der Waals surface area contributed by atoms with E-state index in [1.54, 1.807) is 4.90 Å². The van der Waals surface area contributed by atoms with E-state index in [-0.39, 0.29) is 17.8 Å². The number of halogens is 3. The van der Waals surface area contributed by atoms with E-state index in [4.69, 9.17) is 0 Å². The van der Waals surface area contributed by atoms with Gasteiger partial charge in [0.25, 0.3) is 0 Å². The SMILES string of the molecule is O=C(N1CCCC[C@@H]1Cc1ccccc1)n1ncc(-c2ccc(OC(F)(F)F)cc2)n1. The summed E-state index contributed by atoms with van der Waals surface area (Å²) in [6.07, 6.45) is 0.337. The van der Waals surface area contributed by atoms with Crippen LogP contribution in [0.15, 0.2) is 60.8 Å². The van der Waals surface area contributed by atoms with Crippen molar-refractivity contribution in [2.75, 3.05) is 6.54 Å². The molecular weight excluding hydrogens is 409 g/mol. The maximum Gasteiger partial charge on any atom is 0.573 e. The zero-order chi connectivity index (χ0) is 21.8. The van der Waals surface area contributed by atoms with Crippen LogP contribution in [0.2, 0.25) is 0 Å². The molecule has 1 aliphatic heterocycles. The standard InChI is InChI=1S/C22H21F3N4O2/c23-22(24,25)31-19-11-9-17(10-12-19)20-15-26-29(27-20)21(30)28-13-5-4-8-18(28)14-16-6-2-1-3-7-16/h1-3,6-7,9-12,15,18H,4-5,8,13-14H2/t18-/m1/s1. The molecule has 1 amide bonds. The maximum atomic E-state index is 13.1. The fourth-order valence-electron chi connectivity index (χ4n) is 3.78. The van der Waals surface area contributed by atoms with Crippen LogP contribution in [-0.2, 0) is 6.42 Å². The molecule has 31 heavy (non-hydrogen) atoms. The summed E-state index contributed by atoms with van der Waals surface area (Å²) in [6.45, 7) is 0.636. The Kier molecular flexibility index (Phi) is 5.92. The lowest BCUT2D eigenvalue weighted by molar-refractivity contribution is -0.274. The molecule has 0 saturated carbocycles. The van der Waals surface area contributed by atoms with Gasteiger partial charge in [-0.15, -0.1) is 18.3 Å². The van der Waals surface area contributed by atoms with Crippen molar-refractivity contribution >= 4 is 6.03 Å². The molecular formula is C22H21F3N4O2. The summed E-state index contributed by atoms with van der Waals surface area (Å²) >= 11 is 0. The quantitative estimate of drug-likeness (QED) is 0.590. The van der Waals surface area contributed by atoms with Crippen LogP contribution in [0.25, 0.3) is 11.3 Å². The Morgan fingerprint density at radius 1 is 1.06 bits per heavy atom. The van der Waals surface area contributed by atoms with Crippen molar-refractivity contribution in [3.8, 4) is 17.0 Å². The summed E-state index contributed by atoms with van der Waals surface area (Å²) in [7, 11) is 0. The number of benzene rings is 2. The van der Waals surface area contributed by atoms with Gasteiger partial charge in [0.05, 0.1) is 6.20 Å². The topological polar surface area (TPSA) is 60.2 Å². The molecule has 4 rings (SSSR count). The molecule has 3 aromatic rings. The van der Waals surface area contributed by atoms with E-state index in [1.165, 1.54) is 36.0 Å². The molecule has 1 aliphatic rings. The number of carbonyl (C=O) groups excluding carboxylic acids is 1. The van der Waals surface area contributed by atoms with Gasteiger partial charge in [-0.25, -0.2) is 4.79 Å². The Hall–Kier alpha value is -3.36. The number of alkyl halides is 3. The minimum absolute atomic E-state index is 0.0666. The van der Waals surface area contributed by atoms with Gasteiger partial charge < -0.3 is 9.64 Å². The number of rotatable bonds is 4. The second kappa shape index (κ2) is 8.79. The van der Waals surface area contributed by atoms with E-state index in [9.17, 15) is 18.0 Å². The highest BCUT2D eigenvalue weighted by Crippen LogP contribution is 2.26. The Morgan fingerprint density at radius 3 is 2.52 bits per heavy atom. The third-order valence-corrected chi connectivity index (χ3v) is 5.23. The molecule has 0 aliphatic carbocycles. The van der Waals surface area contributed by atoms with E-state index in [1.807, 2.05) is 30.3 Å². The first kappa shape index (κ1) is 20.9. The molecule has 0 unspecified atom stereocenters. The molecule has 9 heteroatoms. The molecule has 0 spiro atoms. The minimum atomic E-state index is -4.75. The van der Waals surface area contributed by atoms with Crippen molar-refractivity contribution in [3.05, 3.63) is 66.4 Å². The Labute approximate surface area is 177 Å². The fraction of sp³-hybridized carbons (Fsp3) is 0.318. The molecule has 2 heterocycles. The van der Waals surface area contributed by atoms with E-state index in [0.29, 0.717) is 17.8 Å². The smallest absolute Gasteiger partial charge is 0.406 e. The number of ether oxygens (including phenoxy) is 1. The van der Waals surface area contributed by atoms with Crippen molar-refractivity contribution in [2.45, 2.75) is 38.1 Å². The van der Waals surface area contributed by atoms with Gasteiger partial charge in [0.1, 0.15) is 11.4 Å². The lowest BCUT2D eigenvalue weighted by Gasteiger charge is -2.35. The largest absolute Gasteiger partial charge is 0.573 e. The normalized spacial score (nSPS) is 16.9. The first-order valence-electron chi connectivity index (χ1n) is 10.0. The van der Waals surface area contributed by atoms with Gasteiger partial charge in [0.2, 0.25) is 0 Å². The van der Waals surface area contributed by atoms with Crippen LogP contribution in [0.5, 0.6) is 5.75 Å². The van der Waals surface area contributed by atoms with Crippen LogP contribution in [0.4, 0.5) is 18.0 Å². The van der Waals surface area contributed by atoms with E-state index in [0.717, 1.165) is 30.5 Å². The fourth-order valence-corrected chi connectivity index (χ4v) is 3.78. The predicted octanol–water partition coefficient (Wildman–Crippen LogP) is 4.91. The molecule has 1 fully saturated rings. The monoisotopic (exact) mass is 430 g/mol. The van der Waals surface area contributed by atoms with Crippen LogP contribution < -0.4 is 4.74 Å². The molecule has 2 aromatic carbocycles. The van der Waals surface area contributed by atoms with Crippen LogP contribution in [0, 0.1) is 0 Å². The van der Waals surface area contributed by atoms with E-state index < -0.39 is 6.36 Å². The van der Waals surface area contributed by atoms with Gasteiger partial charge in [-0.3, -0.25) is 0 Å². The van der Waals surface area contributed by atoms with E-state index in [2.05, 4.69) is 14.9 Å².